The highest BCUT2D eigenvalue weighted by atomic mass is 28.3. The van der Waals surface area contributed by atoms with Crippen LogP contribution in [0.2, 0.25) is 6.55 Å². The zero-order chi connectivity index (χ0) is 17.7. The molecule has 0 aliphatic rings. The standard InChI is InChI=1S/C22H18FNSi/c1-25(20-8-4-2-5-9-20,21-10-6-3-7-11-21)22(23)16-18-12-14-19(17-24)15-13-18/h2-16H,1H3/b22-16+. The molecule has 3 heteroatoms. The fraction of sp³-hybridized carbons (Fsp3) is 0.0455. The van der Waals surface area contributed by atoms with Crippen molar-refractivity contribution in [1.29, 1.82) is 5.26 Å². The number of nitrogens with zero attached hydrogens (tertiary/aromatic N) is 1. The molecule has 3 rings (SSSR count). The summed E-state index contributed by atoms with van der Waals surface area (Å²) in [6.07, 6.45) is 1.60. The van der Waals surface area contributed by atoms with E-state index in [9.17, 15) is 0 Å². The van der Waals surface area contributed by atoms with E-state index in [2.05, 4.69) is 6.07 Å². The van der Waals surface area contributed by atoms with Crippen molar-refractivity contribution in [2.24, 2.45) is 0 Å². The van der Waals surface area contributed by atoms with Gasteiger partial charge < -0.3 is 0 Å². The molecule has 122 valence electrons. The van der Waals surface area contributed by atoms with Crippen LogP contribution in [0, 0.1) is 11.3 Å². The fourth-order valence-corrected chi connectivity index (χ4v) is 5.99. The van der Waals surface area contributed by atoms with Crippen molar-refractivity contribution >= 4 is 24.5 Å². The number of nitriles is 1. The van der Waals surface area contributed by atoms with Gasteiger partial charge in [0.1, 0.15) is 0 Å². The second-order valence-corrected chi connectivity index (χ2v) is 9.97. The molecule has 0 unspecified atom stereocenters. The molecule has 1 nitrogen and oxygen atoms in total. The Morgan fingerprint density at radius 3 is 1.76 bits per heavy atom. The van der Waals surface area contributed by atoms with Gasteiger partial charge in [-0.2, -0.15) is 5.26 Å². The Kier molecular flexibility index (Phi) is 4.92. The van der Waals surface area contributed by atoms with Crippen LogP contribution in [0.5, 0.6) is 0 Å². The monoisotopic (exact) mass is 343 g/mol. The maximum Gasteiger partial charge on any atom is 0.181 e. The van der Waals surface area contributed by atoms with E-state index in [0.717, 1.165) is 15.9 Å². The Balaban J connectivity index is 2.11. The summed E-state index contributed by atoms with van der Waals surface area (Å²) < 4.78 is 15.5. The molecular formula is C22H18FNSi. The number of rotatable bonds is 4. The van der Waals surface area contributed by atoms with Crippen molar-refractivity contribution in [3.8, 4) is 6.07 Å². The molecule has 0 radical (unpaired) electrons. The third-order valence-electron chi connectivity index (χ3n) is 4.51. The predicted octanol–water partition coefficient (Wildman–Crippen LogP) is 4.30. The predicted molar refractivity (Wildman–Crippen MR) is 104 cm³/mol. The minimum absolute atomic E-state index is 0.102. The number of hydrogen-bond donors (Lipinski definition) is 0. The lowest BCUT2D eigenvalue weighted by Gasteiger charge is -2.27. The lowest BCUT2D eigenvalue weighted by molar-refractivity contribution is 0.692. The Hall–Kier alpha value is -2.96. The van der Waals surface area contributed by atoms with Crippen LogP contribution in [0.1, 0.15) is 11.1 Å². The first-order valence-electron chi connectivity index (χ1n) is 8.13. The van der Waals surface area contributed by atoms with Crippen LogP contribution in [0.25, 0.3) is 6.08 Å². The van der Waals surface area contributed by atoms with Crippen LogP contribution < -0.4 is 10.4 Å². The molecule has 0 atom stereocenters. The van der Waals surface area contributed by atoms with E-state index in [0.29, 0.717) is 5.56 Å². The summed E-state index contributed by atoms with van der Waals surface area (Å²) in [4.78, 5) is 0. The van der Waals surface area contributed by atoms with Crippen LogP contribution in [0.15, 0.2) is 90.4 Å². The largest absolute Gasteiger partial charge is 0.216 e. The average Bonchev–Trinajstić information content (AvgIpc) is 2.69. The molecule has 0 aliphatic heterocycles. The van der Waals surface area contributed by atoms with Crippen molar-refractivity contribution in [3.05, 3.63) is 102 Å². The van der Waals surface area contributed by atoms with E-state index in [1.54, 1.807) is 30.3 Å². The summed E-state index contributed by atoms with van der Waals surface area (Å²) in [6, 6.07) is 28.8. The van der Waals surface area contributed by atoms with Crippen molar-refractivity contribution in [1.82, 2.24) is 0 Å². The number of halogens is 1. The lowest BCUT2D eigenvalue weighted by atomic mass is 10.1. The molecule has 0 aliphatic carbocycles. The van der Waals surface area contributed by atoms with Crippen LogP contribution in [-0.4, -0.2) is 8.07 Å². The van der Waals surface area contributed by atoms with E-state index in [4.69, 9.17) is 5.26 Å². The molecule has 3 aromatic carbocycles. The van der Waals surface area contributed by atoms with Gasteiger partial charge in [-0.15, -0.1) is 0 Å². The van der Waals surface area contributed by atoms with Crippen molar-refractivity contribution in [2.75, 3.05) is 0 Å². The second kappa shape index (κ2) is 7.29. The maximum absolute atomic E-state index is 15.5. The van der Waals surface area contributed by atoms with Crippen LogP contribution in [0.4, 0.5) is 4.39 Å². The van der Waals surface area contributed by atoms with Gasteiger partial charge in [0.05, 0.1) is 17.1 Å². The van der Waals surface area contributed by atoms with E-state index in [1.807, 2.05) is 67.2 Å². The van der Waals surface area contributed by atoms with Crippen LogP contribution in [-0.2, 0) is 0 Å². The molecule has 25 heavy (non-hydrogen) atoms. The molecule has 0 bridgehead atoms. The first kappa shape index (κ1) is 16.9. The van der Waals surface area contributed by atoms with Gasteiger partial charge in [0.25, 0.3) is 0 Å². The normalized spacial score (nSPS) is 11.8. The molecule has 0 aromatic heterocycles. The molecule has 0 fully saturated rings. The summed E-state index contributed by atoms with van der Waals surface area (Å²) in [5.41, 5.74) is 1.24. The van der Waals surface area contributed by atoms with Crippen molar-refractivity contribution < 1.29 is 4.39 Å². The Bertz CT molecular complexity index is 870. The quantitative estimate of drug-likeness (QED) is 0.648. The molecule has 0 N–H and O–H groups in total. The minimum Gasteiger partial charge on any atom is -0.216 e. The highest BCUT2D eigenvalue weighted by Gasteiger charge is 2.37. The van der Waals surface area contributed by atoms with Gasteiger partial charge in [-0.1, -0.05) is 79.3 Å². The molecule has 0 heterocycles. The highest BCUT2D eigenvalue weighted by molar-refractivity contribution is 7.06. The van der Waals surface area contributed by atoms with E-state index < -0.39 is 8.07 Å². The second-order valence-electron chi connectivity index (χ2n) is 6.08. The zero-order valence-corrected chi connectivity index (χ0v) is 15.0. The van der Waals surface area contributed by atoms with Crippen LogP contribution in [0.3, 0.4) is 0 Å². The highest BCUT2D eigenvalue weighted by Crippen LogP contribution is 2.21. The maximum atomic E-state index is 15.5. The first-order chi connectivity index (χ1) is 12.1. The van der Waals surface area contributed by atoms with Crippen molar-refractivity contribution in [3.63, 3.8) is 0 Å². The molecule has 0 spiro atoms. The van der Waals surface area contributed by atoms with Gasteiger partial charge in [-0.25, -0.2) is 4.39 Å². The van der Waals surface area contributed by atoms with Crippen LogP contribution >= 0.6 is 0 Å². The summed E-state index contributed by atoms with van der Waals surface area (Å²) in [6.45, 7) is 2.03. The molecule has 0 amide bonds. The van der Waals surface area contributed by atoms with Gasteiger partial charge in [0.2, 0.25) is 0 Å². The smallest absolute Gasteiger partial charge is 0.181 e. The Labute approximate surface area is 148 Å². The number of hydrogen-bond acceptors (Lipinski definition) is 1. The van der Waals surface area contributed by atoms with Crippen molar-refractivity contribution in [2.45, 2.75) is 6.55 Å². The summed E-state index contributed by atoms with van der Waals surface area (Å²) in [5.74, 6) is 0. The van der Waals surface area contributed by atoms with E-state index in [1.165, 1.54) is 0 Å². The minimum atomic E-state index is -2.68. The lowest BCUT2D eigenvalue weighted by Crippen LogP contribution is -2.56. The van der Waals surface area contributed by atoms with Gasteiger partial charge >= 0.3 is 0 Å². The van der Waals surface area contributed by atoms with E-state index in [-0.39, 0.29) is 5.45 Å². The Morgan fingerprint density at radius 2 is 1.32 bits per heavy atom. The summed E-state index contributed by atoms with van der Waals surface area (Å²) in [5, 5.41) is 11.0. The van der Waals surface area contributed by atoms with E-state index >= 15 is 4.39 Å². The summed E-state index contributed by atoms with van der Waals surface area (Å²) in [7, 11) is -2.68. The molecule has 3 aromatic rings. The zero-order valence-electron chi connectivity index (χ0n) is 14.0. The Morgan fingerprint density at radius 1 is 0.840 bits per heavy atom. The molecule has 0 saturated heterocycles. The third kappa shape index (κ3) is 3.45. The summed E-state index contributed by atoms with van der Waals surface area (Å²) >= 11 is 0. The average molecular weight is 343 g/mol. The topological polar surface area (TPSA) is 23.8 Å². The first-order valence-corrected chi connectivity index (χ1v) is 10.6. The molecular weight excluding hydrogens is 325 g/mol. The number of benzene rings is 3. The SMILES string of the molecule is C[Si](/C(F)=C/c1ccc(C#N)cc1)(c1ccccc1)c1ccccc1. The molecule has 0 saturated carbocycles. The van der Waals surface area contributed by atoms with Gasteiger partial charge in [-0.05, 0) is 34.1 Å². The third-order valence-corrected chi connectivity index (χ3v) is 8.59. The van der Waals surface area contributed by atoms with Gasteiger partial charge in [-0.3, -0.25) is 0 Å². The van der Waals surface area contributed by atoms with Gasteiger partial charge in [0.15, 0.2) is 8.07 Å². The fourth-order valence-electron chi connectivity index (χ4n) is 2.93. The van der Waals surface area contributed by atoms with Gasteiger partial charge in [0, 0.05) is 0 Å².